The molecule has 0 amide bonds. The smallest absolute Gasteiger partial charge is 0.0359 e. The molecular formula is C14H30N2. The van der Waals surface area contributed by atoms with Crippen molar-refractivity contribution < 1.29 is 0 Å². The van der Waals surface area contributed by atoms with Crippen molar-refractivity contribution in [2.24, 2.45) is 17.6 Å². The van der Waals surface area contributed by atoms with Gasteiger partial charge in [-0.3, -0.25) is 4.90 Å². The molecule has 0 heterocycles. The molecule has 2 N–H and O–H groups in total. The highest BCUT2D eigenvalue weighted by Crippen LogP contribution is 2.41. The van der Waals surface area contributed by atoms with Gasteiger partial charge in [0.15, 0.2) is 0 Å². The van der Waals surface area contributed by atoms with Gasteiger partial charge in [-0.15, -0.1) is 0 Å². The molecule has 1 fully saturated rings. The molecule has 1 aliphatic rings. The predicted octanol–water partition coefficient (Wildman–Crippen LogP) is 2.87. The van der Waals surface area contributed by atoms with Gasteiger partial charge in [-0.25, -0.2) is 0 Å². The van der Waals surface area contributed by atoms with Crippen LogP contribution in [0.25, 0.3) is 0 Å². The molecule has 1 rings (SSSR count). The highest BCUT2D eigenvalue weighted by atomic mass is 15.2. The maximum Gasteiger partial charge on any atom is 0.0359 e. The number of rotatable bonds is 4. The molecule has 16 heavy (non-hydrogen) atoms. The zero-order valence-corrected chi connectivity index (χ0v) is 11.8. The van der Waals surface area contributed by atoms with Crippen molar-refractivity contribution in [2.45, 2.75) is 65.5 Å². The summed E-state index contributed by atoms with van der Waals surface area (Å²) in [6.07, 6.45) is 3.95. The van der Waals surface area contributed by atoms with Gasteiger partial charge < -0.3 is 5.73 Å². The van der Waals surface area contributed by atoms with E-state index in [4.69, 9.17) is 5.73 Å². The van der Waals surface area contributed by atoms with E-state index in [1.165, 1.54) is 19.3 Å². The number of hydrogen-bond acceptors (Lipinski definition) is 2. The van der Waals surface area contributed by atoms with Crippen LogP contribution in [0.2, 0.25) is 0 Å². The normalized spacial score (nSPS) is 36.0. The van der Waals surface area contributed by atoms with Gasteiger partial charge in [0.1, 0.15) is 0 Å². The Morgan fingerprint density at radius 2 is 2.00 bits per heavy atom. The lowest BCUT2D eigenvalue weighted by Crippen LogP contribution is -2.61. The third-order valence-electron chi connectivity index (χ3n) is 4.63. The van der Waals surface area contributed by atoms with Gasteiger partial charge in [0, 0.05) is 18.1 Å². The summed E-state index contributed by atoms with van der Waals surface area (Å²) in [7, 11) is 0. The summed E-state index contributed by atoms with van der Waals surface area (Å²) in [4.78, 5) is 2.63. The topological polar surface area (TPSA) is 29.3 Å². The third-order valence-corrected chi connectivity index (χ3v) is 4.63. The van der Waals surface area contributed by atoms with Gasteiger partial charge >= 0.3 is 0 Å². The first kappa shape index (κ1) is 14.0. The van der Waals surface area contributed by atoms with E-state index in [1.54, 1.807) is 0 Å². The molecule has 3 atom stereocenters. The molecule has 0 aromatic rings. The highest BCUT2D eigenvalue weighted by Gasteiger charge is 2.43. The number of hydrogen-bond donors (Lipinski definition) is 1. The molecule has 3 unspecified atom stereocenters. The van der Waals surface area contributed by atoms with Crippen LogP contribution in [0.5, 0.6) is 0 Å². The molecule has 0 aromatic carbocycles. The van der Waals surface area contributed by atoms with Crippen LogP contribution in [0.15, 0.2) is 0 Å². The second-order valence-electron chi connectivity index (χ2n) is 5.97. The minimum Gasteiger partial charge on any atom is -0.329 e. The maximum atomic E-state index is 6.15. The Bertz CT molecular complexity index is 215. The van der Waals surface area contributed by atoms with Crippen LogP contribution in [-0.2, 0) is 0 Å². The van der Waals surface area contributed by atoms with Gasteiger partial charge in [-0.05, 0) is 51.5 Å². The average Bonchev–Trinajstić information content (AvgIpc) is 2.22. The average molecular weight is 226 g/mol. The van der Waals surface area contributed by atoms with Crippen LogP contribution >= 0.6 is 0 Å². The SMILES string of the molecule is CCN(C(C)C)C1(CN)CCC(C)CC1C. The first-order valence-corrected chi connectivity index (χ1v) is 6.94. The zero-order chi connectivity index (χ0) is 12.3. The standard InChI is InChI=1S/C14H30N2/c1-6-16(11(2)3)14(10-15)8-7-12(4)9-13(14)5/h11-13H,6-10,15H2,1-5H3. The second kappa shape index (κ2) is 5.50. The van der Waals surface area contributed by atoms with Crippen LogP contribution in [0, 0.1) is 11.8 Å². The van der Waals surface area contributed by atoms with Gasteiger partial charge in [-0.1, -0.05) is 20.8 Å². The Kier molecular flexibility index (Phi) is 4.81. The van der Waals surface area contributed by atoms with E-state index in [0.717, 1.165) is 24.9 Å². The number of nitrogens with zero attached hydrogens (tertiary/aromatic N) is 1. The Morgan fingerprint density at radius 3 is 2.38 bits per heavy atom. The Hall–Kier alpha value is -0.0800. The molecule has 0 spiro atoms. The van der Waals surface area contributed by atoms with Crippen molar-refractivity contribution in [2.75, 3.05) is 13.1 Å². The third kappa shape index (κ3) is 2.43. The fourth-order valence-corrected chi connectivity index (χ4v) is 3.72. The number of nitrogens with two attached hydrogens (primary N) is 1. The zero-order valence-electron chi connectivity index (χ0n) is 11.8. The molecule has 0 aliphatic heterocycles. The van der Waals surface area contributed by atoms with E-state index in [2.05, 4.69) is 39.5 Å². The van der Waals surface area contributed by atoms with Crippen molar-refractivity contribution in [3.05, 3.63) is 0 Å². The van der Waals surface area contributed by atoms with Crippen LogP contribution < -0.4 is 5.73 Å². The Balaban J connectivity index is 2.90. The minimum atomic E-state index is 0.259. The Morgan fingerprint density at radius 1 is 1.38 bits per heavy atom. The molecule has 0 radical (unpaired) electrons. The molecular weight excluding hydrogens is 196 g/mol. The highest BCUT2D eigenvalue weighted by molar-refractivity contribution is 5.00. The molecule has 0 aromatic heterocycles. The van der Waals surface area contributed by atoms with E-state index in [-0.39, 0.29) is 5.54 Å². The fraction of sp³-hybridized carbons (Fsp3) is 1.00. The summed E-state index contributed by atoms with van der Waals surface area (Å²) in [6.45, 7) is 13.6. The monoisotopic (exact) mass is 226 g/mol. The van der Waals surface area contributed by atoms with Crippen LogP contribution in [0.3, 0.4) is 0 Å². The van der Waals surface area contributed by atoms with Crippen molar-refractivity contribution >= 4 is 0 Å². The van der Waals surface area contributed by atoms with Crippen molar-refractivity contribution in [3.63, 3.8) is 0 Å². The van der Waals surface area contributed by atoms with Gasteiger partial charge in [0.25, 0.3) is 0 Å². The lowest BCUT2D eigenvalue weighted by Gasteiger charge is -2.53. The quantitative estimate of drug-likeness (QED) is 0.798. The summed E-state index contributed by atoms with van der Waals surface area (Å²) >= 11 is 0. The van der Waals surface area contributed by atoms with E-state index in [0.29, 0.717) is 6.04 Å². The van der Waals surface area contributed by atoms with Crippen molar-refractivity contribution in [1.29, 1.82) is 0 Å². The predicted molar refractivity (Wildman–Crippen MR) is 71.5 cm³/mol. The molecule has 1 saturated carbocycles. The van der Waals surface area contributed by atoms with E-state index >= 15 is 0 Å². The summed E-state index contributed by atoms with van der Waals surface area (Å²) < 4.78 is 0. The van der Waals surface area contributed by atoms with Crippen LogP contribution in [0.4, 0.5) is 0 Å². The molecule has 1 aliphatic carbocycles. The van der Waals surface area contributed by atoms with Gasteiger partial charge in [-0.2, -0.15) is 0 Å². The van der Waals surface area contributed by atoms with Gasteiger partial charge in [0.05, 0.1) is 0 Å². The van der Waals surface area contributed by atoms with E-state index in [1.807, 2.05) is 0 Å². The molecule has 2 nitrogen and oxygen atoms in total. The lowest BCUT2D eigenvalue weighted by atomic mass is 9.68. The largest absolute Gasteiger partial charge is 0.329 e. The molecule has 2 heteroatoms. The summed E-state index contributed by atoms with van der Waals surface area (Å²) in [5.41, 5.74) is 6.41. The van der Waals surface area contributed by atoms with Crippen molar-refractivity contribution in [1.82, 2.24) is 4.90 Å². The summed E-state index contributed by atoms with van der Waals surface area (Å²) in [5, 5.41) is 0. The van der Waals surface area contributed by atoms with E-state index in [9.17, 15) is 0 Å². The Labute approximate surface area is 102 Å². The first-order valence-electron chi connectivity index (χ1n) is 6.94. The molecule has 0 saturated heterocycles. The van der Waals surface area contributed by atoms with E-state index < -0.39 is 0 Å². The minimum absolute atomic E-state index is 0.259. The maximum absolute atomic E-state index is 6.15. The summed E-state index contributed by atoms with van der Waals surface area (Å²) in [5.74, 6) is 1.60. The second-order valence-corrected chi connectivity index (χ2v) is 5.97. The molecule has 0 bridgehead atoms. The summed E-state index contributed by atoms with van der Waals surface area (Å²) in [6, 6.07) is 0.601. The van der Waals surface area contributed by atoms with Crippen LogP contribution in [0.1, 0.15) is 53.9 Å². The van der Waals surface area contributed by atoms with Crippen molar-refractivity contribution in [3.8, 4) is 0 Å². The van der Waals surface area contributed by atoms with Gasteiger partial charge in [0.2, 0.25) is 0 Å². The number of likely N-dealkylation sites (N-methyl/N-ethyl adjacent to an activating group) is 1. The first-order chi connectivity index (χ1) is 7.47. The fourth-order valence-electron chi connectivity index (χ4n) is 3.72. The molecule has 96 valence electrons. The lowest BCUT2D eigenvalue weighted by molar-refractivity contribution is -0.0169. The van der Waals surface area contributed by atoms with Crippen LogP contribution in [-0.4, -0.2) is 29.6 Å².